The van der Waals surface area contributed by atoms with Crippen LogP contribution in [0, 0.1) is 18.3 Å². The average Bonchev–Trinajstić information content (AvgIpc) is 3.06. The van der Waals surface area contributed by atoms with Crippen LogP contribution in [0.25, 0.3) is 16.3 Å². The van der Waals surface area contributed by atoms with Gasteiger partial charge in [-0.2, -0.15) is 5.26 Å². The highest BCUT2D eigenvalue weighted by atomic mass is 32.1. The first kappa shape index (κ1) is 18.4. The predicted molar refractivity (Wildman–Crippen MR) is 106 cm³/mol. The highest BCUT2D eigenvalue weighted by molar-refractivity contribution is 7.22. The third-order valence-corrected chi connectivity index (χ3v) is 4.61. The first-order valence-corrected chi connectivity index (χ1v) is 8.95. The maximum atomic E-state index is 12.2. The molecule has 0 atom stereocenters. The molecule has 0 radical (unpaired) electrons. The first-order valence-electron chi connectivity index (χ1n) is 8.13. The second-order valence-corrected chi connectivity index (χ2v) is 6.70. The number of carbonyl (C=O) groups excluding carboxylic acids is 1. The molecule has 1 aromatic heterocycles. The zero-order valence-corrected chi connectivity index (χ0v) is 15.7. The summed E-state index contributed by atoms with van der Waals surface area (Å²) in [4.78, 5) is 16.6. The number of amides is 1. The van der Waals surface area contributed by atoms with Crippen molar-refractivity contribution in [2.75, 3.05) is 19.0 Å². The van der Waals surface area contributed by atoms with Gasteiger partial charge in [-0.15, -0.1) is 0 Å². The van der Waals surface area contributed by atoms with Gasteiger partial charge in [-0.3, -0.25) is 10.1 Å². The van der Waals surface area contributed by atoms with E-state index in [1.54, 1.807) is 24.3 Å². The van der Waals surface area contributed by atoms with E-state index >= 15 is 0 Å². The van der Waals surface area contributed by atoms with Gasteiger partial charge in [0.15, 0.2) is 23.2 Å². The minimum absolute atomic E-state index is 0.0599. The molecule has 0 spiro atoms. The molecule has 136 valence electrons. The number of benzene rings is 2. The Labute approximate surface area is 160 Å². The Balaban J connectivity index is 1.69. The highest BCUT2D eigenvalue weighted by Crippen LogP contribution is 2.29. The lowest BCUT2D eigenvalue weighted by Gasteiger charge is -2.08. The average molecular weight is 379 g/mol. The topological polar surface area (TPSA) is 84.2 Å². The van der Waals surface area contributed by atoms with Gasteiger partial charge in [-0.1, -0.05) is 23.5 Å². The molecular formula is C20H17N3O3S. The van der Waals surface area contributed by atoms with E-state index in [-0.39, 0.29) is 12.5 Å². The second kappa shape index (κ2) is 8.34. The molecule has 0 aliphatic rings. The van der Waals surface area contributed by atoms with Crippen molar-refractivity contribution in [3.63, 3.8) is 0 Å². The third-order valence-electron chi connectivity index (χ3n) is 3.68. The number of hydrogen-bond acceptors (Lipinski definition) is 6. The molecule has 27 heavy (non-hydrogen) atoms. The van der Waals surface area contributed by atoms with Crippen LogP contribution in [0.2, 0.25) is 0 Å². The van der Waals surface area contributed by atoms with Crippen LogP contribution in [-0.4, -0.2) is 24.6 Å². The lowest BCUT2D eigenvalue weighted by Crippen LogP contribution is -2.07. The predicted octanol–water partition coefficient (Wildman–Crippen LogP) is 4.17. The fourth-order valence-electron chi connectivity index (χ4n) is 2.42. The number of aromatic nitrogens is 1. The van der Waals surface area contributed by atoms with Crippen molar-refractivity contribution in [2.24, 2.45) is 0 Å². The van der Waals surface area contributed by atoms with Crippen LogP contribution in [0.4, 0.5) is 5.13 Å². The van der Waals surface area contributed by atoms with Crippen LogP contribution < -0.4 is 14.8 Å². The van der Waals surface area contributed by atoms with Gasteiger partial charge < -0.3 is 9.47 Å². The Morgan fingerprint density at radius 2 is 2.15 bits per heavy atom. The quantitative estimate of drug-likeness (QED) is 0.650. The third kappa shape index (κ3) is 4.63. The standard InChI is InChI=1S/C20H17N3O3S/c1-13-3-6-15-18(11-13)27-20(22-15)23-19(24)8-5-14-4-7-16(26-10-9-21)17(12-14)25-2/h3-8,11-12H,10H2,1-2H3,(H,22,23,24)/b8-5+. The molecule has 2 aromatic carbocycles. The number of nitriles is 1. The maximum absolute atomic E-state index is 12.2. The van der Waals surface area contributed by atoms with E-state index in [0.717, 1.165) is 21.3 Å². The van der Waals surface area contributed by atoms with E-state index in [4.69, 9.17) is 14.7 Å². The minimum atomic E-state index is -0.269. The van der Waals surface area contributed by atoms with Crippen LogP contribution >= 0.6 is 11.3 Å². The Morgan fingerprint density at radius 3 is 2.93 bits per heavy atom. The van der Waals surface area contributed by atoms with E-state index in [1.165, 1.54) is 24.5 Å². The number of nitrogens with one attached hydrogen (secondary N) is 1. The van der Waals surface area contributed by atoms with Gasteiger partial charge in [0.05, 0.1) is 17.3 Å². The Hall–Kier alpha value is -3.37. The fraction of sp³-hybridized carbons (Fsp3) is 0.150. The summed E-state index contributed by atoms with van der Waals surface area (Å²) in [7, 11) is 1.52. The van der Waals surface area contributed by atoms with E-state index in [0.29, 0.717) is 16.6 Å². The van der Waals surface area contributed by atoms with Crippen molar-refractivity contribution in [3.05, 3.63) is 53.6 Å². The van der Waals surface area contributed by atoms with Gasteiger partial charge in [0.2, 0.25) is 5.91 Å². The van der Waals surface area contributed by atoms with Crippen LogP contribution in [0.5, 0.6) is 11.5 Å². The first-order chi connectivity index (χ1) is 13.1. The summed E-state index contributed by atoms with van der Waals surface area (Å²) >= 11 is 1.44. The molecule has 0 fully saturated rings. The fourth-order valence-corrected chi connectivity index (χ4v) is 3.39. The van der Waals surface area contributed by atoms with Crippen molar-refractivity contribution in [1.82, 2.24) is 4.98 Å². The van der Waals surface area contributed by atoms with Gasteiger partial charge in [0.25, 0.3) is 0 Å². The number of hydrogen-bond donors (Lipinski definition) is 1. The Bertz CT molecular complexity index is 1050. The summed E-state index contributed by atoms with van der Waals surface area (Å²) in [5.41, 5.74) is 2.79. The number of nitrogens with zero attached hydrogens (tertiary/aromatic N) is 2. The molecule has 0 aliphatic carbocycles. The van der Waals surface area contributed by atoms with Gasteiger partial charge in [-0.25, -0.2) is 4.98 Å². The lowest BCUT2D eigenvalue weighted by molar-refractivity contribution is -0.111. The number of thiazole rings is 1. The van der Waals surface area contributed by atoms with Crippen LogP contribution in [-0.2, 0) is 4.79 Å². The van der Waals surface area contributed by atoms with Crippen molar-refractivity contribution >= 4 is 38.7 Å². The van der Waals surface area contributed by atoms with E-state index in [1.807, 2.05) is 31.2 Å². The van der Waals surface area contributed by atoms with Crippen LogP contribution in [0.1, 0.15) is 11.1 Å². The monoisotopic (exact) mass is 379 g/mol. The zero-order chi connectivity index (χ0) is 19.2. The second-order valence-electron chi connectivity index (χ2n) is 5.67. The minimum Gasteiger partial charge on any atom is -0.493 e. The molecule has 1 N–H and O–H groups in total. The van der Waals surface area contributed by atoms with E-state index in [2.05, 4.69) is 10.3 Å². The van der Waals surface area contributed by atoms with Gasteiger partial charge in [0.1, 0.15) is 6.07 Å². The Kier molecular flexibility index (Phi) is 5.69. The zero-order valence-electron chi connectivity index (χ0n) is 14.9. The molecule has 0 bridgehead atoms. The molecule has 0 aliphatic heterocycles. The maximum Gasteiger partial charge on any atom is 0.250 e. The van der Waals surface area contributed by atoms with E-state index < -0.39 is 0 Å². The number of carbonyl (C=O) groups is 1. The molecular weight excluding hydrogens is 362 g/mol. The molecule has 7 heteroatoms. The highest BCUT2D eigenvalue weighted by Gasteiger charge is 2.07. The van der Waals surface area contributed by atoms with Crippen LogP contribution in [0.15, 0.2) is 42.5 Å². The molecule has 1 amide bonds. The molecule has 6 nitrogen and oxygen atoms in total. The van der Waals surface area contributed by atoms with Crippen LogP contribution in [0.3, 0.4) is 0 Å². The number of fused-ring (bicyclic) bond motifs is 1. The molecule has 3 rings (SSSR count). The number of aryl methyl sites for hydroxylation is 1. The lowest BCUT2D eigenvalue weighted by atomic mass is 10.2. The Morgan fingerprint density at radius 1 is 1.30 bits per heavy atom. The SMILES string of the molecule is COc1cc(/C=C/C(=O)Nc2nc3ccc(C)cc3s2)ccc1OCC#N. The molecule has 1 heterocycles. The summed E-state index contributed by atoms with van der Waals surface area (Å²) in [6, 6.07) is 13.1. The van der Waals surface area contributed by atoms with Crippen molar-refractivity contribution < 1.29 is 14.3 Å². The normalized spacial score (nSPS) is 10.7. The van der Waals surface area contributed by atoms with Crippen molar-refractivity contribution in [2.45, 2.75) is 6.92 Å². The van der Waals surface area contributed by atoms with Crippen molar-refractivity contribution in [3.8, 4) is 17.6 Å². The largest absolute Gasteiger partial charge is 0.493 e. The van der Waals surface area contributed by atoms with Gasteiger partial charge in [-0.05, 0) is 48.4 Å². The molecule has 0 unspecified atom stereocenters. The molecule has 3 aromatic rings. The van der Waals surface area contributed by atoms with E-state index in [9.17, 15) is 4.79 Å². The smallest absolute Gasteiger partial charge is 0.250 e. The summed E-state index contributed by atoms with van der Waals surface area (Å²) in [5, 5.41) is 11.9. The number of rotatable bonds is 6. The summed E-state index contributed by atoms with van der Waals surface area (Å²) in [6.45, 7) is 1.96. The molecule has 0 saturated carbocycles. The summed E-state index contributed by atoms with van der Waals surface area (Å²) in [5.74, 6) is 0.703. The number of anilines is 1. The summed E-state index contributed by atoms with van der Waals surface area (Å²) in [6.07, 6.45) is 3.10. The molecule has 0 saturated heterocycles. The van der Waals surface area contributed by atoms with Gasteiger partial charge >= 0.3 is 0 Å². The number of methoxy groups -OCH3 is 1. The van der Waals surface area contributed by atoms with Gasteiger partial charge in [0, 0.05) is 6.08 Å². The summed E-state index contributed by atoms with van der Waals surface area (Å²) < 4.78 is 11.6. The van der Waals surface area contributed by atoms with Crippen molar-refractivity contribution in [1.29, 1.82) is 5.26 Å². The number of ether oxygens (including phenoxy) is 2.